The van der Waals surface area contributed by atoms with Crippen LogP contribution in [0.25, 0.3) is 10.2 Å². The predicted molar refractivity (Wildman–Crippen MR) is 106 cm³/mol. The normalized spacial score (nSPS) is 20.3. The number of carbonyl (C=O) groups is 1. The molecule has 8 nitrogen and oxygen atoms in total. The fraction of sp³-hybridized carbons (Fsp3) is 0.350. The number of hydrogen-bond acceptors (Lipinski definition) is 7. The highest BCUT2D eigenvalue weighted by Crippen LogP contribution is 2.48. The number of aromatic nitrogens is 5. The molecule has 6 rings (SSSR count). The lowest BCUT2D eigenvalue weighted by molar-refractivity contribution is -0.0919. The highest BCUT2D eigenvalue weighted by Gasteiger charge is 2.49. The van der Waals surface area contributed by atoms with Gasteiger partial charge in [-0.05, 0) is 12.1 Å². The molecule has 32 heavy (non-hydrogen) atoms. The summed E-state index contributed by atoms with van der Waals surface area (Å²) >= 11 is 1.28. The molecular weight excluding hydrogens is 445 g/mol. The molecular formula is C20H15F3N6O2S. The Morgan fingerprint density at radius 3 is 2.91 bits per heavy atom. The molecule has 1 N–H and O–H groups in total. The number of benzene rings is 1. The van der Waals surface area contributed by atoms with Crippen molar-refractivity contribution in [3.8, 4) is 0 Å². The van der Waals surface area contributed by atoms with Gasteiger partial charge in [0.25, 0.3) is 0 Å². The van der Waals surface area contributed by atoms with Crippen molar-refractivity contribution in [3.05, 3.63) is 58.5 Å². The number of H-pyrrole nitrogens is 1. The maximum atomic E-state index is 14.3. The summed E-state index contributed by atoms with van der Waals surface area (Å²) in [7, 11) is 0. The number of hydrogen-bond donors (Lipinski definition) is 1. The van der Waals surface area contributed by atoms with Crippen molar-refractivity contribution in [1.29, 1.82) is 0 Å². The lowest BCUT2D eigenvalue weighted by atomic mass is 9.81. The zero-order valence-corrected chi connectivity index (χ0v) is 17.2. The van der Waals surface area contributed by atoms with E-state index in [-0.39, 0.29) is 30.1 Å². The van der Waals surface area contributed by atoms with Crippen LogP contribution in [0, 0.1) is 5.82 Å². The zero-order valence-electron chi connectivity index (χ0n) is 16.4. The minimum Gasteiger partial charge on any atom is -0.417 e. The molecule has 1 aliphatic heterocycles. The van der Waals surface area contributed by atoms with Crippen LogP contribution in [0.4, 0.5) is 13.2 Å². The minimum atomic E-state index is -2.74. The van der Waals surface area contributed by atoms with Crippen LogP contribution in [0.2, 0.25) is 0 Å². The third-order valence-electron chi connectivity index (χ3n) is 5.87. The van der Waals surface area contributed by atoms with Crippen molar-refractivity contribution in [2.24, 2.45) is 0 Å². The maximum Gasteiger partial charge on any atom is 0.312 e. The molecule has 4 heterocycles. The number of nitrogens with zero attached hydrogens (tertiary/aromatic N) is 5. The molecule has 0 unspecified atom stereocenters. The molecule has 1 aromatic carbocycles. The number of imidazole rings is 1. The van der Waals surface area contributed by atoms with Gasteiger partial charge in [-0.1, -0.05) is 6.07 Å². The molecule has 0 bridgehead atoms. The van der Waals surface area contributed by atoms with E-state index in [4.69, 9.17) is 4.42 Å². The van der Waals surface area contributed by atoms with E-state index in [9.17, 15) is 18.0 Å². The summed E-state index contributed by atoms with van der Waals surface area (Å²) in [5, 5.41) is 8.13. The molecule has 12 heteroatoms. The van der Waals surface area contributed by atoms with Crippen LogP contribution in [-0.4, -0.2) is 48.4 Å². The SMILES string of the molecule is O=C(c1nnc(C2CC(F)(F)C2)o1)N1CCc2[nH]cnc2[C@H]1c1nc2c(F)cccc2s1. The van der Waals surface area contributed by atoms with Crippen LogP contribution in [0.1, 0.15) is 57.8 Å². The number of para-hydroxylation sites is 1. The molecule has 1 aliphatic carbocycles. The molecule has 1 atom stereocenters. The first-order chi connectivity index (χ1) is 15.4. The van der Waals surface area contributed by atoms with E-state index in [0.717, 1.165) is 5.69 Å². The van der Waals surface area contributed by atoms with E-state index in [1.807, 2.05) is 0 Å². The van der Waals surface area contributed by atoms with Crippen molar-refractivity contribution < 1.29 is 22.4 Å². The third-order valence-corrected chi connectivity index (χ3v) is 6.94. The standard InChI is InChI=1S/C20H15F3N6O2S/c21-10-2-1-3-12-13(10)26-18(32-12)15-14-11(24-8-25-14)4-5-29(15)19(30)17-28-27-16(31-17)9-6-20(22,23)7-9/h1-3,8-9,15H,4-7H2,(H,24,25)/t15-/m0/s1. The van der Waals surface area contributed by atoms with Crippen molar-refractivity contribution in [3.63, 3.8) is 0 Å². The van der Waals surface area contributed by atoms with E-state index in [0.29, 0.717) is 28.4 Å². The third kappa shape index (κ3) is 3.00. The molecule has 0 saturated heterocycles. The van der Waals surface area contributed by atoms with Crippen LogP contribution in [0.5, 0.6) is 0 Å². The van der Waals surface area contributed by atoms with Gasteiger partial charge in [-0.25, -0.2) is 23.1 Å². The molecule has 1 saturated carbocycles. The van der Waals surface area contributed by atoms with Gasteiger partial charge in [-0.15, -0.1) is 21.5 Å². The van der Waals surface area contributed by atoms with E-state index in [1.54, 1.807) is 18.5 Å². The molecule has 2 aliphatic rings. The molecule has 0 spiro atoms. The monoisotopic (exact) mass is 460 g/mol. The van der Waals surface area contributed by atoms with Gasteiger partial charge in [0.2, 0.25) is 11.8 Å². The lowest BCUT2D eigenvalue weighted by Crippen LogP contribution is -2.41. The van der Waals surface area contributed by atoms with Crippen molar-refractivity contribution >= 4 is 27.5 Å². The number of fused-ring (bicyclic) bond motifs is 2. The summed E-state index contributed by atoms with van der Waals surface area (Å²) in [6.45, 7) is 0.316. The van der Waals surface area contributed by atoms with Crippen LogP contribution in [0.3, 0.4) is 0 Å². The number of carbonyl (C=O) groups excluding carboxylic acids is 1. The number of amides is 1. The van der Waals surface area contributed by atoms with Gasteiger partial charge < -0.3 is 14.3 Å². The van der Waals surface area contributed by atoms with Crippen molar-refractivity contribution in [1.82, 2.24) is 30.0 Å². The van der Waals surface area contributed by atoms with Crippen molar-refractivity contribution in [2.45, 2.75) is 37.1 Å². The van der Waals surface area contributed by atoms with Crippen LogP contribution in [-0.2, 0) is 6.42 Å². The van der Waals surface area contributed by atoms with Crippen LogP contribution >= 0.6 is 11.3 Å². The Kier molecular flexibility index (Phi) is 4.16. The Hall–Kier alpha value is -3.28. The summed E-state index contributed by atoms with van der Waals surface area (Å²) in [6, 6.07) is 4.03. The average molecular weight is 460 g/mol. The van der Waals surface area contributed by atoms with E-state index < -0.39 is 29.6 Å². The quantitative estimate of drug-likeness (QED) is 0.499. The summed E-state index contributed by atoms with van der Waals surface area (Å²) < 4.78 is 46.8. The summed E-state index contributed by atoms with van der Waals surface area (Å²) in [6.07, 6.45) is 1.32. The molecule has 3 aromatic heterocycles. The first kappa shape index (κ1) is 19.4. The minimum absolute atomic E-state index is 0.0374. The average Bonchev–Trinajstić information content (AvgIpc) is 3.49. The van der Waals surface area contributed by atoms with Crippen LogP contribution in [0.15, 0.2) is 28.9 Å². The highest BCUT2D eigenvalue weighted by molar-refractivity contribution is 7.18. The Morgan fingerprint density at radius 2 is 2.12 bits per heavy atom. The van der Waals surface area contributed by atoms with Gasteiger partial charge in [0, 0.05) is 37.4 Å². The first-order valence-corrected chi connectivity index (χ1v) is 10.8. The highest BCUT2D eigenvalue weighted by atomic mass is 32.1. The van der Waals surface area contributed by atoms with Gasteiger partial charge in [0.05, 0.1) is 16.7 Å². The van der Waals surface area contributed by atoms with Gasteiger partial charge in [-0.3, -0.25) is 4.79 Å². The zero-order chi connectivity index (χ0) is 22.0. The number of alkyl halides is 2. The Labute approximate surface area is 182 Å². The Bertz CT molecular complexity index is 1340. The maximum absolute atomic E-state index is 14.3. The van der Waals surface area contributed by atoms with E-state index in [2.05, 4.69) is 25.1 Å². The number of rotatable bonds is 3. The van der Waals surface area contributed by atoms with E-state index >= 15 is 0 Å². The van der Waals surface area contributed by atoms with Crippen molar-refractivity contribution in [2.75, 3.05) is 6.54 Å². The number of nitrogens with one attached hydrogen (secondary N) is 1. The molecule has 4 aromatic rings. The van der Waals surface area contributed by atoms with Gasteiger partial charge in [-0.2, -0.15) is 0 Å². The summed E-state index contributed by atoms with van der Waals surface area (Å²) in [5.74, 6) is -4.52. The fourth-order valence-corrected chi connectivity index (χ4v) is 5.34. The molecule has 164 valence electrons. The smallest absolute Gasteiger partial charge is 0.312 e. The summed E-state index contributed by atoms with van der Waals surface area (Å²) in [4.78, 5) is 26.7. The first-order valence-electron chi connectivity index (χ1n) is 9.99. The molecule has 1 amide bonds. The predicted octanol–water partition coefficient (Wildman–Crippen LogP) is 3.84. The molecule has 1 fully saturated rings. The van der Waals surface area contributed by atoms with Gasteiger partial charge >= 0.3 is 11.8 Å². The second-order valence-electron chi connectivity index (χ2n) is 7.96. The van der Waals surface area contributed by atoms with Gasteiger partial charge in [0.1, 0.15) is 22.4 Å². The number of aromatic amines is 1. The fourth-order valence-electron chi connectivity index (χ4n) is 4.24. The van der Waals surface area contributed by atoms with Gasteiger partial charge in [0.15, 0.2) is 0 Å². The molecule has 0 radical (unpaired) electrons. The Balaban J connectivity index is 1.36. The second-order valence-corrected chi connectivity index (χ2v) is 9.02. The largest absolute Gasteiger partial charge is 0.417 e. The lowest BCUT2D eigenvalue weighted by Gasteiger charge is -2.33. The van der Waals surface area contributed by atoms with E-state index in [1.165, 1.54) is 22.3 Å². The Morgan fingerprint density at radius 1 is 1.28 bits per heavy atom. The second kappa shape index (κ2) is 6.86. The summed E-state index contributed by atoms with van der Waals surface area (Å²) in [5.41, 5.74) is 1.71. The number of halogens is 3. The topological polar surface area (TPSA) is 101 Å². The number of thiazole rings is 1. The van der Waals surface area contributed by atoms with Crippen LogP contribution < -0.4 is 0 Å².